The molecule has 0 aromatic heterocycles. The Morgan fingerprint density at radius 3 is 2.00 bits per heavy atom. The molecule has 3 rings (SSSR count). The minimum atomic E-state index is -1.00. The summed E-state index contributed by atoms with van der Waals surface area (Å²) in [6.45, 7) is 5.08. The summed E-state index contributed by atoms with van der Waals surface area (Å²) in [6.07, 6.45) is 25.6. The van der Waals surface area contributed by atoms with Crippen molar-refractivity contribution in [1.82, 2.24) is 4.90 Å². The number of carbonyl (C=O) groups is 2. The van der Waals surface area contributed by atoms with Crippen LogP contribution in [0.15, 0.2) is 40.6 Å². The predicted octanol–water partition coefficient (Wildman–Crippen LogP) is 8.08. The molecule has 2 aliphatic heterocycles. The van der Waals surface area contributed by atoms with Gasteiger partial charge in [0.05, 0.1) is 0 Å². The molecular formula is C33H48N2O3S2Se. The Morgan fingerprint density at radius 1 is 0.878 bits per heavy atom. The fourth-order valence-corrected chi connectivity index (χ4v) is 8.97. The Balaban J connectivity index is 1.40. The maximum atomic E-state index is 12.5. The van der Waals surface area contributed by atoms with Crippen LogP contribution in [0.5, 0.6) is 0 Å². The number of unbranched alkanes of at least 4 members (excludes halogenated alkanes) is 15. The maximum absolute atomic E-state index is 12.5. The Kier molecular flexibility index (Phi) is 15.6. The van der Waals surface area contributed by atoms with E-state index in [4.69, 9.17) is 12.2 Å². The molecule has 0 bridgehead atoms. The van der Waals surface area contributed by atoms with E-state index in [2.05, 4.69) is 36.9 Å². The number of carbonyl (C=O) groups excluding carboxylic acids is 1. The molecule has 0 radical (unpaired) electrons. The fourth-order valence-electron chi connectivity index (χ4n) is 5.37. The van der Waals surface area contributed by atoms with Gasteiger partial charge in [0.2, 0.25) is 0 Å². The van der Waals surface area contributed by atoms with Crippen LogP contribution in [0.3, 0.4) is 0 Å². The first kappa shape index (κ1) is 33.9. The van der Waals surface area contributed by atoms with Crippen molar-refractivity contribution in [2.45, 2.75) is 117 Å². The van der Waals surface area contributed by atoms with Crippen molar-refractivity contribution in [3.05, 3.63) is 46.2 Å². The van der Waals surface area contributed by atoms with E-state index < -0.39 is 5.97 Å². The van der Waals surface area contributed by atoms with Crippen molar-refractivity contribution < 1.29 is 14.7 Å². The summed E-state index contributed by atoms with van der Waals surface area (Å²) in [7, 11) is 0. The molecular weight excluding hydrogens is 615 g/mol. The molecule has 1 aromatic rings. The Bertz CT molecular complexity index is 1090. The van der Waals surface area contributed by atoms with Gasteiger partial charge in [-0.05, 0) is 0 Å². The quantitative estimate of drug-likeness (QED) is 0.0655. The SMILES string of the molecule is CCCCCCCCCCCCCCCCCCN1/C(=C\C=C2/C(=O)SC(=S)N2CC(=O)O)[Se]c2cc(C)ccc21. The molecule has 1 N–H and O–H groups in total. The Morgan fingerprint density at radius 2 is 1.44 bits per heavy atom. The van der Waals surface area contributed by atoms with Crippen LogP contribution in [-0.4, -0.2) is 53.5 Å². The van der Waals surface area contributed by atoms with Crippen LogP contribution >= 0.6 is 24.0 Å². The number of nitrogens with zero attached hydrogens (tertiary/aromatic N) is 2. The first-order valence-electron chi connectivity index (χ1n) is 15.6. The van der Waals surface area contributed by atoms with Gasteiger partial charge >= 0.3 is 213 Å². The minimum absolute atomic E-state index is 0.139. The third-order valence-corrected chi connectivity index (χ3v) is 11.3. The number of aryl methyl sites for hydroxylation is 1. The summed E-state index contributed by atoms with van der Waals surface area (Å²) in [5.41, 5.74) is 2.89. The fraction of sp³-hybridized carbons (Fsp3) is 0.606. The second kappa shape index (κ2) is 18.8. The standard InChI is InChI=1S/C33H48N2O3S2Se/c1-3-4-5-6-7-8-9-10-11-12-13-14-15-16-17-18-23-34-27-20-19-26(2)24-29(27)41-30(34)22-21-28-32(38)40-33(39)35(28)25-31(36)37/h19-22,24H,3-18,23,25H2,1-2H3,(H,36,37)/b28-21+,30-22+. The van der Waals surface area contributed by atoms with Crippen molar-refractivity contribution in [1.29, 1.82) is 0 Å². The summed E-state index contributed by atoms with van der Waals surface area (Å²) in [5.74, 6) is -1.00. The van der Waals surface area contributed by atoms with E-state index in [0.29, 0.717) is 10.0 Å². The van der Waals surface area contributed by atoms with Gasteiger partial charge < -0.3 is 0 Å². The van der Waals surface area contributed by atoms with Crippen LogP contribution in [0.1, 0.15) is 115 Å². The number of benzene rings is 1. The number of rotatable bonds is 20. The van der Waals surface area contributed by atoms with E-state index in [9.17, 15) is 14.7 Å². The normalized spacial score (nSPS) is 16.9. The molecule has 2 heterocycles. The zero-order valence-corrected chi connectivity index (χ0v) is 28.3. The first-order chi connectivity index (χ1) is 19.9. The number of thiocarbonyl (C=S) groups is 1. The monoisotopic (exact) mass is 664 g/mol. The van der Waals surface area contributed by atoms with E-state index in [1.807, 2.05) is 6.08 Å². The van der Waals surface area contributed by atoms with Crippen LogP contribution in [0, 0.1) is 6.92 Å². The van der Waals surface area contributed by atoms with Gasteiger partial charge in [0.15, 0.2) is 0 Å². The summed E-state index contributed by atoms with van der Waals surface area (Å²) >= 11 is 6.32. The number of hydrogen-bond donors (Lipinski definition) is 1. The van der Waals surface area contributed by atoms with Crippen LogP contribution in [0.25, 0.3) is 0 Å². The third kappa shape index (κ3) is 11.5. The zero-order chi connectivity index (χ0) is 29.5. The zero-order valence-electron chi connectivity index (χ0n) is 25.0. The van der Waals surface area contributed by atoms with E-state index in [1.54, 1.807) is 6.08 Å². The second-order valence-electron chi connectivity index (χ2n) is 11.2. The van der Waals surface area contributed by atoms with E-state index in [-0.39, 0.29) is 26.6 Å². The van der Waals surface area contributed by atoms with Crippen LogP contribution in [0.4, 0.5) is 5.69 Å². The van der Waals surface area contributed by atoms with Gasteiger partial charge in [-0.15, -0.1) is 0 Å². The van der Waals surface area contributed by atoms with Gasteiger partial charge in [0.25, 0.3) is 0 Å². The van der Waals surface area contributed by atoms with Gasteiger partial charge in [-0.25, -0.2) is 0 Å². The Hall–Kier alpha value is -1.60. The molecule has 1 fully saturated rings. The van der Waals surface area contributed by atoms with Crippen molar-refractivity contribution in [2.75, 3.05) is 18.0 Å². The van der Waals surface area contributed by atoms with Gasteiger partial charge in [-0.1, -0.05) is 51.9 Å². The van der Waals surface area contributed by atoms with Gasteiger partial charge in [-0.2, -0.15) is 0 Å². The van der Waals surface area contributed by atoms with Crippen molar-refractivity contribution in [2.24, 2.45) is 0 Å². The van der Waals surface area contributed by atoms with Crippen LogP contribution in [-0.2, 0) is 9.59 Å². The number of fused-ring (bicyclic) bond motifs is 1. The molecule has 0 atom stereocenters. The first-order valence-corrected chi connectivity index (χ1v) is 18.6. The molecule has 41 heavy (non-hydrogen) atoms. The molecule has 0 aliphatic carbocycles. The molecule has 0 spiro atoms. The molecule has 0 unspecified atom stereocenters. The third-order valence-electron chi connectivity index (χ3n) is 7.70. The number of aliphatic carboxylic acids is 1. The van der Waals surface area contributed by atoms with Crippen molar-refractivity contribution >= 4 is 64.5 Å². The molecule has 1 aromatic carbocycles. The number of carboxylic acid groups (broad SMARTS) is 1. The average Bonchev–Trinajstić information content (AvgIpc) is 3.41. The summed E-state index contributed by atoms with van der Waals surface area (Å²) in [5, 5.41) is 9.08. The van der Waals surface area contributed by atoms with E-state index in [0.717, 1.165) is 24.7 Å². The van der Waals surface area contributed by atoms with E-state index >= 15 is 0 Å². The second-order valence-corrected chi connectivity index (χ2v) is 15.1. The van der Waals surface area contributed by atoms with E-state index in [1.165, 1.54) is 122 Å². The number of hydrogen-bond acceptors (Lipinski definition) is 5. The van der Waals surface area contributed by atoms with Gasteiger partial charge in [0, 0.05) is 0 Å². The number of anilines is 1. The van der Waals surface area contributed by atoms with Crippen LogP contribution < -0.4 is 9.36 Å². The molecule has 5 nitrogen and oxygen atoms in total. The molecule has 226 valence electrons. The van der Waals surface area contributed by atoms with Gasteiger partial charge in [0.1, 0.15) is 0 Å². The summed E-state index contributed by atoms with van der Waals surface area (Å²) in [6, 6.07) is 6.66. The molecule has 2 aliphatic rings. The Labute approximate surface area is 263 Å². The van der Waals surface area contributed by atoms with Gasteiger partial charge in [-0.3, -0.25) is 0 Å². The summed E-state index contributed by atoms with van der Waals surface area (Å²) in [4.78, 5) is 27.6. The molecule has 1 saturated heterocycles. The topological polar surface area (TPSA) is 60.9 Å². The average molecular weight is 664 g/mol. The van der Waals surface area contributed by atoms with Crippen LogP contribution in [0.2, 0.25) is 0 Å². The predicted molar refractivity (Wildman–Crippen MR) is 179 cm³/mol. The number of thioether (sulfide) groups is 1. The molecule has 0 amide bonds. The molecule has 0 saturated carbocycles. The number of carboxylic acids is 1. The van der Waals surface area contributed by atoms with Crippen molar-refractivity contribution in [3.63, 3.8) is 0 Å². The number of allylic oxidation sites excluding steroid dienone is 2. The van der Waals surface area contributed by atoms with Crippen molar-refractivity contribution in [3.8, 4) is 0 Å². The molecule has 8 heteroatoms. The summed E-state index contributed by atoms with van der Waals surface area (Å²) < 4.78 is 2.88.